The molecule has 0 aliphatic carbocycles. The number of aryl methyl sites for hydroxylation is 2. The molecule has 0 saturated carbocycles. The molecule has 25 heavy (non-hydrogen) atoms. The minimum Gasteiger partial charge on any atom is -0.484 e. The van der Waals surface area contributed by atoms with Gasteiger partial charge in [-0.2, -0.15) is 0 Å². The highest BCUT2D eigenvalue weighted by atomic mass is 32.1. The fourth-order valence-electron chi connectivity index (χ4n) is 2.11. The Hall–Kier alpha value is -2.93. The fraction of sp³-hybridized carbons (Fsp3) is 0.167. The van der Waals surface area contributed by atoms with Crippen molar-refractivity contribution >= 4 is 34.9 Å². The molecule has 6 nitrogen and oxygen atoms in total. The van der Waals surface area contributed by atoms with Crippen molar-refractivity contribution in [2.24, 2.45) is 0 Å². The van der Waals surface area contributed by atoms with E-state index < -0.39 is 5.97 Å². The van der Waals surface area contributed by atoms with Crippen LogP contribution in [0.3, 0.4) is 0 Å². The number of carbonyl (C=O) groups is 2. The van der Waals surface area contributed by atoms with Gasteiger partial charge in [-0.3, -0.25) is 10.1 Å². The summed E-state index contributed by atoms with van der Waals surface area (Å²) in [4.78, 5) is 22.8. The maximum atomic E-state index is 11.9. The number of carboxylic acid groups (broad SMARTS) is 1. The van der Waals surface area contributed by atoms with E-state index in [-0.39, 0.29) is 23.2 Å². The Labute approximate surface area is 150 Å². The average Bonchev–Trinajstić information content (AvgIpc) is 2.54. The lowest BCUT2D eigenvalue weighted by Crippen LogP contribution is -2.37. The van der Waals surface area contributed by atoms with E-state index in [2.05, 4.69) is 10.6 Å². The Bertz CT molecular complexity index is 820. The molecule has 0 bridgehead atoms. The summed E-state index contributed by atoms with van der Waals surface area (Å²) in [6.45, 7) is 3.52. The summed E-state index contributed by atoms with van der Waals surface area (Å²) in [5.74, 6) is -0.785. The van der Waals surface area contributed by atoms with Crippen molar-refractivity contribution in [2.75, 3.05) is 11.9 Å². The lowest BCUT2D eigenvalue weighted by atomic mass is 10.1. The first-order valence-electron chi connectivity index (χ1n) is 7.49. The molecule has 0 atom stereocenters. The molecule has 0 saturated heterocycles. The third-order valence-electron chi connectivity index (χ3n) is 3.33. The summed E-state index contributed by atoms with van der Waals surface area (Å²) in [7, 11) is 0. The second kappa shape index (κ2) is 8.25. The number of hydrogen-bond donors (Lipinski definition) is 3. The molecule has 2 aromatic carbocycles. The second-order valence-corrected chi connectivity index (χ2v) is 5.85. The molecule has 0 fully saturated rings. The Morgan fingerprint density at radius 1 is 1.16 bits per heavy atom. The van der Waals surface area contributed by atoms with E-state index in [1.54, 1.807) is 19.1 Å². The fourth-order valence-corrected chi connectivity index (χ4v) is 2.33. The van der Waals surface area contributed by atoms with Crippen molar-refractivity contribution < 1.29 is 19.4 Å². The molecule has 0 aliphatic heterocycles. The molecular formula is C18H18N2O4S. The first kappa shape index (κ1) is 18.4. The molecule has 0 unspecified atom stereocenters. The van der Waals surface area contributed by atoms with Gasteiger partial charge in [-0.15, -0.1) is 0 Å². The molecular weight excluding hydrogens is 340 g/mol. The summed E-state index contributed by atoms with van der Waals surface area (Å²) in [5, 5.41) is 14.5. The zero-order valence-corrected chi connectivity index (χ0v) is 14.6. The van der Waals surface area contributed by atoms with Crippen molar-refractivity contribution in [3.05, 3.63) is 59.2 Å². The van der Waals surface area contributed by atoms with Gasteiger partial charge in [-0.05, 0) is 67.5 Å². The van der Waals surface area contributed by atoms with Crippen molar-refractivity contribution in [2.45, 2.75) is 13.8 Å². The zero-order chi connectivity index (χ0) is 18.4. The van der Waals surface area contributed by atoms with Crippen LogP contribution in [0.5, 0.6) is 5.75 Å². The number of carbonyl (C=O) groups excluding carboxylic acids is 1. The molecule has 1 amide bonds. The van der Waals surface area contributed by atoms with Crippen LogP contribution in [0, 0.1) is 13.8 Å². The van der Waals surface area contributed by atoms with E-state index in [4.69, 9.17) is 22.1 Å². The molecule has 0 spiro atoms. The van der Waals surface area contributed by atoms with Gasteiger partial charge in [-0.1, -0.05) is 12.1 Å². The molecule has 0 heterocycles. The molecule has 7 heteroatoms. The summed E-state index contributed by atoms with van der Waals surface area (Å²) in [6.07, 6.45) is 0. The monoisotopic (exact) mass is 358 g/mol. The summed E-state index contributed by atoms with van der Waals surface area (Å²) < 4.78 is 5.40. The number of anilines is 1. The number of benzene rings is 2. The summed E-state index contributed by atoms with van der Waals surface area (Å²) in [6, 6.07) is 12.0. The van der Waals surface area contributed by atoms with Crippen LogP contribution >= 0.6 is 12.2 Å². The minimum atomic E-state index is -1.00. The van der Waals surface area contributed by atoms with Crippen LogP contribution < -0.4 is 15.4 Å². The maximum Gasteiger partial charge on any atom is 0.335 e. The standard InChI is InChI=1S/C18H18N2O4S/c1-11-4-3-5-14(8-11)24-10-16(21)20-18(25)19-15-7-6-13(17(22)23)9-12(15)2/h3-9H,10H2,1-2H3,(H,22,23)(H2,19,20,21,25). The van der Waals surface area contributed by atoms with E-state index >= 15 is 0 Å². The number of aromatic carboxylic acids is 1. The molecule has 0 radical (unpaired) electrons. The lowest BCUT2D eigenvalue weighted by molar-refractivity contribution is -0.121. The number of hydrogen-bond acceptors (Lipinski definition) is 4. The predicted octanol–water partition coefficient (Wildman–Crippen LogP) is 2.89. The minimum absolute atomic E-state index is 0.115. The number of rotatable bonds is 5. The normalized spacial score (nSPS) is 10.0. The number of amides is 1. The summed E-state index contributed by atoms with van der Waals surface area (Å²) in [5.41, 5.74) is 2.54. The van der Waals surface area contributed by atoms with Crippen LogP contribution in [0.15, 0.2) is 42.5 Å². The highest BCUT2D eigenvalue weighted by Crippen LogP contribution is 2.16. The Balaban J connectivity index is 1.87. The van der Waals surface area contributed by atoms with Gasteiger partial charge in [0.25, 0.3) is 5.91 Å². The molecule has 130 valence electrons. The highest BCUT2D eigenvalue weighted by molar-refractivity contribution is 7.80. The largest absolute Gasteiger partial charge is 0.484 e. The third-order valence-corrected chi connectivity index (χ3v) is 3.54. The van der Waals surface area contributed by atoms with Gasteiger partial charge in [-0.25, -0.2) is 4.79 Å². The summed E-state index contributed by atoms with van der Waals surface area (Å²) >= 11 is 5.09. The predicted molar refractivity (Wildman–Crippen MR) is 99.2 cm³/mol. The van der Waals surface area contributed by atoms with Gasteiger partial charge in [0.1, 0.15) is 5.75 Å². The number of carboxylic acids is 1. The maximum absolute atomic E-state index is 11.9. The Morgan fingerprint density at radius 3 is 2.56 bits per heavy atom. The first-order valence-corrected chi connectivity index (χ1v) is 7.90. The SMILES string of the molecule is Cc1cccc(OCC(=O)NC(=S)Nc2ccc(C(=O)O)cc2C)c1. The van der Waals surface area contributed by atoms with Crippen molar-refractivity contribution in [1.82, 2.24) is 5.32 Å². The van der Waals surface area contributed by atoms with Gasteiger partial charge in [0.15, 0.2) is 11.7 Å². The van der Waals surface area contributed by atoms with Gasteiger partial charge >= 0.3 is 5.97 Å². The van der Waals surface area contributed by atoms with Crippen molar-refractivity contribution in [1.29, 1.82) is 0 Å². The molecule has 3 N–H and O–H groups in total. The Morgan fingerprint density at radius 2 is 1.92 bits per heavy atom. The first-order chi connectivity index (χ1) is 11.8. The molecule has 0 aliphatic rings. The number of ether oxygens (including phenoxy) is 1. The molecule has 0 aromatic heterocycles. The van der Waals surface area contributed by atoms with E-state index in [1.807, 2.05) is 25.1 Å². The quantitative estimate of drug-likeness (QED) is 0.713. The van der Waals surface area contributed by atoms with Gasteiger partial charge in [0.05, 0.1) is 5.56 Å². The second-order valence-electron chi connectivity index (χ2n) is 5.44. The number of thiocarbonyl (C=S) groups is 1. The topological polar surface area (TPSA) is 87.7 Å². The Kier molecular flexibility index (Phi) is 6.08. The van der Waals surface area contributed by atoms with Crippen LogP contribution in [0.25, 0.3) is 0 Å². The van der Waals surface area contributed by atoms with Crippen molar-refractivity contribution in [3.8, 4) is 5.75 Å². The van der Waals surface area contributed by atoms with Gasteiger partial charge in [0, 0.05) is 5.69 Å². The van der Waals surface area contributed by atoms with E-state index in [0.717, 1.165) is 5.56 Å². The lowest BCUT2D eigenvalue weighted by Gasteiger charge is -2.12. The highest BCUT2D eigenvalue weighted by Gasteiger charge is 2.09. The van der Waals surface area contributed by atoms with Crippen molar-refractivity contribution in [3.63, 3.8) is 0 Å². The van der Waals surface area contributed by atoms with Gasteiger partial charge in [0.2, 0.25) is 0 Å². The van der Waals surface area contributed by atoms with Crippen LogP contribution in [-0.4, -0.2) is 28.7 Å². The van der Waals surface area contributed by atoms with E-state index in [0.29, 0.717) is 17.0 Å². The van der Waals surface area contributed by atoms with Crippen LogP contribution in [-0.2, 0) is 4.79 Å². The van der Waals surface area contributed by atoms with Crippen LogP contribution in [0.4, 0.5) is 5.69 Å². The average molecular weight is 358 g/mol. The van der Waals surface area contributed by atoms with Crippen LogP contribution in [0.2, 0.25) is 0 Å². The van der Waals surface area contributed by atoms with E-state index in [9.17, 15) is 9.59 Å². The van der Waals surface area contributed by atoms with E-state index in [1.165, 1.54) is 12.1 Å². The smallest absolute Gasteiger partial charge is 0.335 e. The molecule has 2 rings (SSSR count). The van der Waals surface area contributed by atoms with Crippen LogP contribution in [0.1, 0.15) is 21.5 Å². The number of nitrogens with one attached hydrogen (secondary N) is 2. The molecule has 2 aromatic rings. The zero-order valence-electron chi connectivity index (χ0n) is 13.8. The third kappa shape index (κ3) is 5.58. The van der Waals surface area contributed by atoms with Gasteiger partial charge < -0.3 is 15.2 Å².